The molecule has 1 aliphatic heterocycles. The first-order chi connectivity index (χ1) is 18.7. The first-order valence-corrected chi connectivity index (χ1v) is 13.7. The van der Waals surface area contributed by atoms with Crippen molar-refractivity contribution in [1.29, 1.82) is 0 Å². The number of fused-ring (bicyclic) bond motifs is 1. The lowest BCUT2D eigenvalue weighted by molar-refractivity contribution is -0.138. The normalized spacial score (nSPS) is 18.4. The third kappa shape index (κ3) is 8.18. The summed E-state index contributed by atoms with van der Waals surface area (Å²) in [5.74, 6) is 0.870. The number of aromatic nitrogens is 1. The number of carbonyl (C=O) groups is 1. The van der Waals surface area contributed by atoms with Gasteiger partial charge in [0, 0.05) is 24.5 Å². The number of methoxy groups -OCH3 is 1. The molecular formula is C31H37F3N2O3. The average molecular weight is 543 g/mol. The van der Waals surface area contributed by atoms with Gasteiger partial charge in [0.25, 0.3) is 0 Å². The first kappa shape index (κ1) is 28.9. The molecule has 1 N–H and O–H groups in total. The Morgan fingerprint density at radius 1 is 1.05 bits per heavy atom. The van der Waals surface area contributed by atoms with Crippen LogP contribution < -0.4 is 4.74 Å². The van der Waals surface area contributed by atoms with Crippen LogP contribution in [0.4, 0.5) is 13.2 Å². The number of nitrogens with zero attached hydrogens (tertiary/aromatic N) is 2. The topological polar surface area (TPSA) is 62.7 Å². The van der Waals surface area contributed by atoms with Gasteiger partial charge in [-0.25, -0.2) is 0 Å². The molecule has 1 aromatic heterocycles. The maximum absolute atomic E-state index is 12.8. The summed E-state index contributed by atoms with van der Waals surface area (Å²) in [6.45, 7) is 2.71. The van der Waals surface area contributed by atoms with Crippen molar-refractivity contribution in [3.05, 3.63) is 71.4 Å². The molecule has 1 fully saturated rings. The summed E-state index contributed by atoms with van der Waals surface area (Å²) >= 11 is 0. The molecule has 2 aromatic carbocycles. The standard InChI is InChI=1S/C31H37F3N2O3/c1-39-27-12-13-29-28(20-27)24(15-17-35-29)6-2-5-23-16-19-36(21-25(23)9-14-30(37)38)18-3-4-22-7-10-26(11-8-22)31(32,33)34/h7-8,10-13,15,17,20,23,25H,2-6,9,14,16,18-19,21H2,1H3,(H,37,38)/t23-,25+/m1/s1. The smallest absolute Gasteiger partial charge is 0.416 e. The molecule has 0 saturated carbocycles. The Labute approximate surface area is 228 Å². The number of pyridine rings is 1. The van der Waals surface area contributed by atoms with Crippen molar-refractivity contribution in [2.75, 3.05) is 26.7 Å². The number of benzene rings is 2. The number of carboxylic acid groups (broad SMARTS) is 1. The highest BCUT2D eigenvalue weighted by molar-refractivity contribution is 5.83. The molecule has 3 aromatic rings. The van der Waals surface area contributed by atoms with Crippen molar-refractivity contribution in [3.8, 4) is 5.75 Å². The van der Waals surface area contributed by atoms with Crippen molar-refractivity contribution < 1.29 is 27.8 Å². The van der Waals surface area contributed by atoms with E-state index >= 15 is 0 Å². The summed E-state index contributed by atoms with van der Waals surface area (Å²) in [5, 5.41) is 10.4. The fourth-order valence-corrected chi connectivity index (χ4v) is 5.82. The minimum Gasteiger partial charge on any atom is -0.497 e. The van der Waals surface area contributed by atoms with Crippen LogP contribution in [0.3, 0.4) is 0 Å². The molecule has 0 bridgehead atoms. The summed E-state index contributed by atoms with van der Waals surface area (Å²) in [6.07, 6.45) is 4.02. The summed E-state index contributed by atoms with van der Waals surface area (Å²) in [7, 11) is 1.66. The number of hydrogen-bond donors (Lipinski definition) is 1. The number of rotatable bonds is 12. The van der Waals surface area contributed by atoms with Crippen LogP contribution in [0.25, 0.3) is 10.9 Å². The second-order valence-corrected chi connectivity index (χ2v) is 10.6. The Bertz CT molecular complexity index is 1230. The van der Waals surface area contributed by atoms with Gasteiger partial charge < -0.3 is 14.7 Å². The number of aliphatic carboxylic acids is 1. The van der Waals surface area contributed by atoms with Gasteiger partial charge in [0.2, 0.25) is 0 Å². The Kier molecular flexibility index (Phi) is 9.83. The molecule has 0 amide bonds. The highest BCUT2D eigenvalue weighted by atomic mass is 19.4. The van der Waals surface area contributed by atoms with Crippen LogP contribution >= 0.6 is 0 Å². The van der Waals surface area contributed by atoms with Gasteiger partial charge in [-0.3, -0.25) is 9.78 Å². The maximum Gasteiger partial charge on any atom is 0.416 e. The van der Waals surface area contributed by atoms with E-state index in [4.69, 9.17) is 4.74 Å². The Balaban J connectivity index is 1.29. The van der Waals surface area contributed by atoms with Crippen LogP contribution in [-0.2, 0) is 23.8 Å². The van der Waals surface area contributed by atoms with Crippen LogP contribution in [0.5, 0.6) is 5.75 Å². The Morgan fingerprint density at radius 2 is 1.85 bits per heavy atom. The van der Waals surface area contributed by atoms with Crippen molar-refractivity contribution >= 4 is 16.9 Å². The van der Waals surface area contributed by atoms with Crippen molar-refractivity contribution in [2.45, 2.75) is 57.5 Å². The molecular weight excluding hydrogens is 505 g/mol. The number of alkyl halides is 3. The molecule has 1 saturated heterocycles. The number of hydrogen-bond acceptors (Lipinski definition) is 4. The average Bonchev–Trinajstić information content (AvgIpc) is 2.92. The minimum atomic E-state index is -4.31. The predicted octanol–water partition coefficient (Wildman–Crippen LogP) is 7.02. The molecule has 8 heteroatoms. The molecule has 210 valence electrons. The number of halogens is 3. The number of ether oxygens (including phenoxy) is 1. The largest absolute Gasteiger partial charge is 0.497 e. The number of carboxylic acids is 1. The quantitative estimate of drug-likeness (QED) is 0.267. The van der Waals surface area contributed by atoms with Crippen LogP contribution in [-0.4, -0.2) is 47.7 Å². The third-order valence-corrected chi connectivity index (χ3v) is 7.99. The lowest BCUT2D eigenvalue weighted by Gasteiger charge is -2.39. The van der Waals surface area contributed by atoms with Crippen LogP contribution in [0.2, 0.25) is 0 Å². The highest BCUT2D eigenvalue weighted by Gasteiger charge is 2.30. The molecule has 2 heterocycles. The van der Waals surface area contributed by atoms with E-state index in [-0.39, 0.29) is 6.42 Å². The summed E-state index contributed by atoms with van der Waals surface area (Å²) in [4.78, 5) is 18.2. The lowest BCUT2D eigenvalue weighted by Crippen LogP contribution is -2.41. The summed E-state index contributed by atoms with van der Waals surface area (Å²) in [6, 6.07) is 13.4. The molecule has 4 rings (SSSR count). The van der Waals surface area contributed by atoms with Gasteiger partial charge >= 0.3 is 12.1 Å². The molecule has 39 heavy (non-hydrogen) atoms. The summed E-state index contributed by atoms with van der Waals surface area (Å²) < 4.78 is 43.8. The van der Waals surface area contributed by atoms with Gasteiger partial charge in [-0.1, -0.05) is 12.1 Å². The summed E-state index contributed by atoms with van der Waals surface area (Å²) in [5.41, 5.74) is 2.49. The lowest BCUT2D eigenvalue weighted by atomic mass is 9.79. The number of piperidine rings is 1. The first-order valence-electron chi connectivity index (χ1n) is 13.7. The number of likely N-dealkylation sites (tertiary alicyclic amines) is 1. The SMILES string of the molecule is COc1ccc2nccc(CCC[C@@H]3CCN(CCCc4ccc(C(F)(F)F)cc4)C[C@@H]3CCC(=O)O)c2c1. The zero-order valence-electron chi connectivity index (χ0n) is 22.4. The molecule has 0 unspecified atom stereocenters. The molecule has 2 atom stereocenters. The predicted molar refractivity (Wildman–Crippen MR) is 146 cm³/mol. The van der Waals surface area contributed by atoms with Crippen LogP contribution in [0.1, 0.15) is 55.2 Å². The van der Waals surface area contributed by atoms with E-state index in [1.165, 1.54) is 5.56 Å². The number of aryl methyl sites for hydroxylation is 2. The monoisotopic (exact) mass is 542 g/mol. The van der Waals surface area contributed by atoms with Gasteiger partial charge in [0.05, 0.1) is 18.2 Å². The minimum absolute atomic E-state index is 0.176. The van der Waals surface area contributed by atoms with Crippen molar-refractivity contribution in [1.82, 2.24) is 9.88 Å². The van der Waals surface area contributed by atoms with Gasteiger partial charge in [-0.05, 0) is 117 Å². The Morgan fingerprint density at radius 3 is 2.56 bits per heavy atom. The third-order valence-electron chi connectivity index (χ3n) is 7.99. The van der Waals surface area contributed by atoms with Crippen molar-refractivity contribution in [3.63, 3.8) is 0 Å². The van der Waals surface area contributed by atoms with E-state index in [9.17, 15) is 23.1 Å². The molecule has 1 aliphatic rings. The van der Waals surface area contributed by atoms with E-state index in [1.807, 2.05) is 24.4 Å². The van der Waals surface area contributed by atoms with Gasteiger partial charge in [0.15, 0.2) is 0 Å². The van der Waals surface area contributed by atoms with E-state index in [2.05, 4.69) is 16.0 Å². The van der Waals surface area contributed by atoms with Gasteiger partial charge in [-0.2, -0.15) is 13.2 Å². The van der Waals surface area contributed by atoms with E-state index < -0.39 is 17.7 Å². The molecule has 5 nitrogen and oxygen atoms in total. The van der Waals surface area contributed by atoms with E-state index in [1.54, 1.807) is 19.2 Å². The second kappa shape index (κ2) is 13.3. The Hall–Kier alpha value is -3.13. The highest BCUT2D eigenvalue weighted by Crippen LogP contribution is 2.33. The fraction of sp³-hybridized carbons (Fsp3) is 0.484. The van der Waals surface area contributed by atoms with Crippen LogP contribution in [0, 0.1) is 11.8 Å². The van der Waals surface area contributed by atoms with Crippen molar-refractivity contribution in [2.24, 2.45) is 11.8 Å². The van der Waals surface area contributed by atoms with Gasteiger partial charge in [0.1, 0.15) is 5.75 Å². The fourth-order valence-electron chi connectivity index (χ4n) is 5.82. The molecule has 0 radical (unpaired) electrons. The van der Waals surface area contributed by atoms with E-state index in [0.717, 1.165) is 92.5 Å². The van der Waals surface area contributed by atoms with Crippen LogP contribution in [0.15, 0.2) is 54.7 Å². The zero-order chi connectivity index (χ0) is 27.8. The molecule has 0 aliphatic carbocycles. The zero-order valence-corrected chi connectivity index (χ0v) is 22.4. The van der Waals surface area contributed by atoms with E-state index in [0.29, 0.717) is 18.3 Å². The van der Waals surface area contributed by atoms with Gasteiger partial charge in [-0.15, -0.1) is 0 Å². The molecule has 0 spiro atoms. The maximum atomic E-state index is 12.8. The second-order valence-electron chi connectivity index (χ2n) is 10.6.